The molecule has 0 radical (unpaired) electrons. The minimum Gasteiger partial charge on any atom is -0.450 e. The van der Waals surface area contributed by atoms with Crippen LogP contribution < -0.4 is 27.0 Å². The first-order valence-corrected chi connectivity index (χ1v) is 24.9. The Hall–Kier alpha value is -4.89. The topological polar surface area (TPSA) is 203 Å². The molecule has 0 aliphatic carbocycles. The largest absolute Gasteiger partial charge is 0.450 e. The number of benzene rings is 2. The van der Waals surface area contributed by atoms with Gasteiger partial charge in [-0.15, -0.1) is 0 Å². The SMILES string of the molecule is CCCCCCCCCCCCCCCCOC(=O)NCCSC[C@H](NC(C)=O)C(=O)N[C@@H](CO)C(=O)NCc1ccc(Cn2c(CCCC)nc3c(N)nc4ccccc4c32)cc1. The lowest BCUT2D eigenvalue weighted by molar-refractivity contribution is -0.132. The molecule has 0 aliphatic heterocycles. The molecule has 7 N–H and O–H groups in total. The summed E-state index contributed by atoms with van der Waals surface area (Å²) in [6, 6.07) is 13.6. The number of nitrogens with two attached hydrogens (primary N) is 1. The Morgan fingerprint density at radius 1 is 0.750 bits per heavy atom. The number of thioether (sulfide) groups is 1. The van der Waals surface area contributed by atoms with E-state index in [1.165, 1.54) is 89.3 Å². The van der Waals surface area contributed by atoms with E-state index in [1.54, 1.807) is 0 Å². The molecule has 352 valence electrons. The molecule has 2 heterocycles. The number of aromatic nitrogens is 3. The van der Waals surface area contributed by atoms with Crippen molar-refractivity contribution in [1.82, 2.24) is 35.8 Å². The number of fused-ring (bicyclic) bond motifs is 3. The number of para-hydroxylation sites is 1. The van der Waals surface area contributed by atoms with Gasteiger partial charge in [0, 0.05) is 49.9 Å². The number of aliphatic hydroxyl groups excluding tert-OH is 1. The maximum absolute atomic E-state index is 13.2. The van der Waals surface area contributed by atoms with Gasteiger partial charge in [0.25, 0.3) is 0 Å². The van der Waals surface area contributed by atoms with Crippen LogP contribution in [0.3, 0.4) is 0 Å². The smallest absolute Gasteiger partial charge is 0.407 e. The Labute approximate surface area is 384 Å². The number of nitrogens with one attached hydrogen (secondary N) is 4. The van der Waals surface area contributed by atoms with Crippen LogP contribution in [0.2, 0.25) is 0 Å². The third-order valence-corrected chi connectivity index (χ3v) is 12.4. The molecule has 0 saturated heterocycles. The molecule has 15 heteroatoms. The van der Waals surface area contributed by atoms with Crippen LogP contribution in [0, 0.1) is 0 Å². The minimum atomic E-state index is -1.23. The normalized spacial score (nSPS) is 12.2. The number of pyridine rings is 1. The first-order chi connectivity index (χ1) is 31.1. The summed E-state index contributed by atoms with van der Waals surface area (Å²) < 4.78 is 7.53. The number of alkyl carbamates (subject to hydrolysis) is 1. The van der Waals surface area contributed by atoms with Crippen LogP contribution >= 0.6 is 11.8 Å². The van der Waals surface area contributed by atoms with E-state index in [0.29, 0.717) is 36.8 Å². The lowest BCUT2D eigenvalue weighted by atomic mass is 10.0. The van der Waals surface area contributed by atoms with Gasteiger partial charge < -0.3 is 41.4 Å². The number of aliphatic hydroxyl groups is 1. The highest BCUT2D eigenvalue weighted by atomic mass is 32.2. The second kappa shape index (κ2) is 29.5. The first-order valence-electron chi connectivity index (χ1n) is 23.7. The fourth-order valence-corrected chi connectivity index (χ4v) is 8.58. The van der Waals surface area contributed by atoms with E-state index in [-0.39, 0.29) is 12.3 Å². The number of carbonyl (C=O) groups is 4. The van der Waals surface area contributed by atoms with Gasteiger partial charge in [-0.3, -0.25) is 14.4 Å². The second-order valence-corrected chi connectivity index (χ2v) is 17.8. The lowest BCUT2D eigenvalue weighted by Gasteiger charge is -2.21. The van der Waals surface area contributed by atoms with Crippen LogP contribution in [0.5, 0.6) is 0 Å². The number of anilines is 1. The van der Waals surface area contributed by atoms with Crippen molar-refractivity contribution < 1.29 is 29.0 Å². The van der Waals surface area contributed by atoms with Crippen LogP contribution in [-0.2, 0) is 38.6 Å². The van der Waals surface area contributed by atoms with Crippen molar-refractivity contribution in [1.29, 1.82) is 0 Å². The zero-order valence-corrected chi connectivity index (χ0v) is 39.4. The highest BCUT2D eigenvalue weighted by molar-refractivity contribution is 7.99. The number of unbranched alkanes of at least 4 members (excludes halogenated alkanes) is 14. The van der Waals surface area contributed by atoms with Crippen LogP contribution in [-0.4, -0.2) is 86.8 Å². The van der Waals surface area contributed by atoms with Crippen molar-refractivity contribution in [3.05, 3.63) is 65.5 Å². The highest BCUT2D eigenvalue weighted by Crippen LogP contribution is 2.30. The quantitative estimate of drug-likeness (QED) is 0.0260. The Morgan fingerprint density at radius 3 is 2.02 bits per heavy atom. The molecule has 4 rings (SSSR count). The predicted molar refractivity (Wildman–Crippen MR) is 259 cm³/mol. The molecule has 0 fully saturated rings. The Morgan fingerprint density at radius 2 is 1.38 bits per heavy atom. The first kappa shape index (κ1) is 51.7. The zero-order valence-electron chi connectivity index (χ0n) is 38.6. The van der Waals surface area contributed by atoms with E-state index in [0.717, 1.165) is 71.9 Å². The molecule has 4 aromatic rings. The molecule has 0 aliphatic rings. The van der Waals surface area contributed by atoms with Gasteiger partial charge in [0.15, 0.2) is 5.82 Å². The van der Waals surface area contributed by atoms with E-state index in [9.17, 15) is 24.3 Å². The fourth-order valence-electron chi connectivity index (χ4n) is 7.69. The van der Waals surface area contributed by atoms with Gasteiger partial charge >= 0.3 is 6.09 Å². The number of hydrogen-bond donors (Lipinski definition) is 6. The summed E-state index contributed by atoms with van der Waals surface area (Å²) in [4.78, 5) is 59.9. The van der Waals surface area contributed by atoms with Crippen LogP contribution in [0.15, 0.2) is 48.5 Å². The van der Waals surface area contributed by atoms with Gasteiger partial charge in [-0.1, -0.05) is 146 Å². The van der Waals surface area contributed by atoms with Crippen molar-refractivity contribution in [3.8, 4) is 0 Å². The highest BCUT2D eigenvalue weighted by Gasteiger charge is 2.26. The number of amides is 4. The summed E-state index contributed by atoms with van der Waals surface area (Å²) in [6.45, 7) is 6.54. The Balaban J connectivity index is 1.14. The number of ether oxygens (including phenoxy) is 1. The number of nitrogens with zero attached hydrogens (tertiary/aromatic N) is 3. The molecule has 4 amide bonds. The van der Waals surface area contributed by atoms with E-state index in [2.05, 4.69) is 44.7 Å². The molecule has 2 atom stereocenters. The number of hydrogen-bond acceptors (Lipinski definition) is 10. The maximum atomic E-state index is 13.2. The standard InChI is InChI=1S/C49H74N8O6S/c1-4-6-8-9-10-11-12-13-14-15-16-17-18-21-30-63-49(62)51-29-31-64-35-42(53-36(3)59)48(61)55-41(34-58)47(60)52-32-37-25-27-38(28-26-37)33-57-43(24-7-5-2)56-44-45(57)39-22-19-20-23-40(39)54-46(44)50/h19-20,22-23,25-28,41-42,58H,4-18,21,24,29-35H2,1-3H3,(H2,50,54)(H,51,62)(H,52,60)(H,53,59)(H,55,61)/t41-,42-/m0/s1. The van der Waals surface area contributed by atoms with Gasteiger partial charge in [-0.2, -0.15) is 11.8 Å². The van der Waals surface area contributed by atoms with Crippen molar-refractivity contribution in [2.45, 2.75) is 155 Å². The van der Waals surface area contributed by atoms with E-state index in [4.69, 9.17) is 15.5 Å². The number of rotatable bonds is 32. The van der Waals surface area contributed by atoms with Gasteiger partial charge in [-0.05, 0) is 30.0 Å². The van der Waals surface area contributed by atoms with Gasteiger partial charge in [0.1, 0.15) is 23.4 Å². The summed E-state index contributed by atoms with van der Waals surface area (Å²) in [5.74, 6) is 0.463. The van der Waals surface area contributed by atoms with Gasteiger partial charge in [0.05, 0.1) is 24.2 Å². The Kier molecular flexibility index (Phi) is 23.9. The average molecular weight is 903 g/mol. The lowest BCUT2D eigenvalue weighted by Crippen LogP contribution is -2.55. The van der Waals surface area contributed by atoms with Gasteiger partial charge in [-0.25, -0.2) is 14.8 Å². The Bertz CT molecular complexity index is 2030. The second-order valence-electron chi connectivity index (χ2n) is 16.7. The molecule has 2 aromatic carbocycles. The third kappa shape index (κ3) is 17.9. The molecule has 0 saturated carbocycles. The molecular formula is C49H74N8O6S. The number of aryl methyl sites for hydroxylation is 1. The molecular weight excluding hydrogens is 829 g/mol. The van der Waals surface area contributed by atoms with Crippen molar-refractivity contribution in [2.24, 2.45) is 0 Å². The predicted octanol–water partition coefficient (Wildman–Crippen LogP) is 8.10. The molecule has 0 spiro atoms. The minimum absolute atomic E-state index is 0.175. The number of carbonyl (C=O) groups excluding carboxylic acids is 4. The molecule has 64 heavy (non-hydrogen) atoms. The van der Waals surface area contributed by atoms with E-state index in [1.807, 2.05) is 48.5 Å². The molecule has 0 unspecified atom stereocenters. The van der Waals surface area contributed by atoms with Crippen LogP contribution in [0.1, 0.15) is 140 Å². The summed E-state index contributed by atoms with van der Waals surface area (Å²) in [5, 5.41) is 21.8. The van der Waals surface area contributed by atoms with Crippen molar-refractivity contribution in [2.75, 3.05) is 37.0 Å². The third-order valence-electron chi connectivity index (χ3n) is 11.3. The van der Waals surface area contributed by atoms with E-state index < -0.39 is 42.5 Å². The fraction of sp³-hybridized carbons (Fsp3) is 0.592. The summed E-state index contributed by atoms with van der Waals surface area (Å²) in [6.07, 6.45) is 20.1. The van der Waals surface area contributed by atoms with Crippen LogP contribution in [0.25, 0.3) is 21.9 Å². The number of imidazole rings is 1. The summed E-state index contributed by atoms with van der Waals surface area (Å²) >= 11 is 1.36. The zero-order chi connectivity index (χ0) is 45.9. The summed E-state index contributed by atoms with van der Waals surface area (Å²) in [5.41, 5.74) is 10.7. The average Bonchev–Trinajstić information content (AvgIpc) is 3.66. The van der Waals surface area contributed by atoms with E-state index >= 15 is 0 Å². The summed E-state index contributed by atoms with van der Waals surface area (Å²) in [7, 11) is 0. The maximum Gasteiger partial charge on any atom is 0.407 e. The van der Waals surface area contributed by atoms with Gasteiger partial charge in [0.2, 0.25) is 17.7 Å². The monoisotopic (exact) mass is 903 g/mol. The number of nitrogen functional groups attached to an aromatic ring is 1. The van der Waals surface area contributed by atoms with Crippen LogP contribution in [0.4, 0.5) is 10.6 Å². The van der Waals surface area contributed by atoms with Crippen molar-refractivity contribution in [3.63, 3.8) is 0 Å². The van der Waals surface area contributed by atoms with Crippen molar-refractivity contribution >= 4 is 63.3 Å². The molecule has 0 bridgehead atoms. The molecule has 2 aromatic heterocycles. The molecule has 14 nitrogen and oxygen atoms in total.